The van der Waals surface area contributed by atoms with Crippen LogP contribution in [0.15, 0.2) is 48.7 Å². The summed E-state index contributed by atoms with van der Waals surface area (Å²) < 4.78 is 16.9. The molecule has 2 saturated heterocycles. The van der Waals surface area contributed by atoms with Gasteiger partial charge in [-0.05, 0) is 106 Å². The van der Waals surface area contributed by atoms with Crippen LogP contribution in [0.5, 0.6) is 5.75 Å². The van der Waals surface area contributed by atoms with Crippen molar-refractivity contribution in [3.63, 3.8) is 0 Å². The van der Waals surface area contributed by atoms with Crippen molar-refractivity contribution >= 4 is 39.9 Å². The lowest BCUT2D eigenvalue weighted by atomic mass is 9.92. The summed E-state index contributed by atoms with van der Waals surface area (Å²) in [5.74, 6) is 2.02. The van der Waals surface area contributed by atoms with Gasteiger partial charge < -0.3 is 34.4 Å². The molecule has 3 aliphatic heterocycles. The summed E-state index contributed by atoms with van der Waals surface area (Å²) in [5.41, 5.74) is 6.20. The van der Waals surface area contributed by atoms with Gasteiger partial charge in [-0.1, -0.05) is 32.0 Å². The minimum absolute atomic E-state index is 0.00298. The molecule has 3 amide bonds. The number of aromatic nitrogens is 4. The number of benzene rings is 3. The van der Waals surface area contributed by atoms with Crippen LogP contribution in [0.25, 0.3) is 44.2 Å². The Kier molecular flexibility index (Phi) is 9.21. The number of methoxy groups -OCH3 is 1. The van der Waals surface area contributed by atoms with Crippen molar-refractivity contribution in [3.05, 3.63) is 65.9 Å². The molecule has 5 heterocycles. The van der Waals surface area contributed by atoms with Crippen molar-refractivity contribution in [1.82, 2.24) is 35.1 Å². The Balaban J connectivity index is 1.05. The minimum atomic E-state index is -0.706. The second-order valence-electron chi connectivity index (χ2n) is 16.4. The minimum Gasteiger partial charge on any atom is -0.488 e. The summed E-state index contributed by atoms with van der Waals surface area (Å²) in [6.45, 7) is 12.5. The van der Waals surface area contributed by atoms with E-state index in [1.807, 2.05) is 52.6 Å². The van der Waals surface area contributed by atoms with E-state index in [1.165, 1.54) is 7.11 Å². The molecule has 55 heavy (non-hydrogen) atoms. The van der Waals surface area contributed by atoms with E-state index in [0.717, 1.165) is 92.8 Å². The highest BCUT2D eigenvalue weighted by Crippen LogP contribution is 2.44. The third-order valence-corrected chi connectivity index (χ3v) is 11.1. The van der Waals surface area contributed by atoms with Gasteiger partial charge in [0.2, 0.25) is 5.91 Å². The number of alkyl carbamates (subject to hydrolysis) is 1. The molecule has 3 aliphatic rings. The highest BCUT2D eigenvalue weighted by Gasteiger charge is 2.41. The van der Waals surface area contributed by atoms with Gasteiger partial charge in [0.15, 0.2) is 0 Å². The van der Waals surface area contributed by atoms with Gasteiger partial charge in [-0.25, -0.2) is 19.6 Å². The van der Waals surface area contributed by atoms with Gasteiger partial charge in [0.05, 0.1) is 42.1 Å². The number of aromatic amines is 2. The van der Waals surface area contributed by atoms with Crippen LogP contribution >= 0.6 is 0 Å². The maximum atomic E-state index is 13.8. The van der Waals surface area contributed by atoms with Crippen molar-refractivity contribution in [3.8, 4) is 28.1 Å². The lowest BCUT2D eigenvalue weighted by molar-refractivity contribution is -0.137. The number of imidazole rings is 2. The molecule has 0 bridgehead atoms. The fourth-order valence-corrected chi connectivity index (χ4v) is 8.36. The summed E-state index contributed by atoms with van der Waals surface area (Å²) >= 11 is 0. The van der Waals surface area contributed by atoms with E-state index in [-0.39, 0.29) is 36.0 Å². The van der Waals surface area contributed by atoms with Crippen molar-refractivity contribution < 1.29 is 28.6 Å². The lowest BCUT2D eigenvalue weighted by Crippen LogP contribution is -2.52. The first-order valence-electron chi connectivity index (χ1n) is 19.2. The highest BCUT2D eigenvalue weighted by atomic mass is 16.6. The second-order valence-corrected chi connectivity index (χ2v) is 16.4. The predicted octanol–water partition coefficient (Wildman–Crippen LogP) is 8.17. The Morgan fingerprint density at radius 2 is 1.80 bits per heavy atom. The fraction of sp³-hybridized carbons (Fsp3) is 0.452. The fourth-order valence-electron chi connectivity index (χ4n) is 8.36. The molecule has 3 aromatic carbocycles. The van der Waals surface area contributed by atoms with Crippen molar-refractivity contribution in [2.75, 3.05) is 13.7 Å². The van der Waals surface area contributed by atoms with Crippen LogP contribution in [0.3, 0.4) is 0 Å². The first kappa shape index (κ1) is 36.4. The molecule has 0 spiro atoms. The molecule has 5 aromatic rings. The maximum absolute atomic E-state index is 13.8. The number of hydrogen-bond acceptors (Lipinski definition) is 8. The molecule has 0 aliphatic carbocycles. The summed E-state index contributed by atoms with van der Waals surface area (Å²) in [6.07, 6.45) is 4.19. The van der Waals surface area contributed by atoms with Crippen LogP contribution in [0.4, 0.5) is 9.59 Å². The van der Waals surface area contributed by atoms with Gasteiger partial charge in [0.1, 0.15) is 35.6 Å². The number of rotatable bonds is 6. The van der Waals surface area contributed by atoms with Crippen molar-refractivity contribution in [1.29, 1.82) is 0 Å². The second kappa shape index (κ2) is 13.9. The molecular formula is C42H49N7O6. The van der Waals surface area contributed by atoms with Crippen molar-refractivity contribution in [2.24, 2.45) is 5.92 Å². The maximum Gasteiger partial charge on any atom is 0.410 e. The molecular weight excluding hydrogens is 699 g/mol. The van der Waals surface area contributed by atoms with E-state index in [2.05, 4.69) is 57.7 Å². The number of hydrogen-bond donors (Lipinski definition) is 3. The van der Waals surface area contributed by atoms with E-state index in [4.69, 9.17) is 24.2 Å². The highest BCUT2D eigenvalue weighted by molar-refractivity contribution is 6.07. The van der Waals surface area contributed by atoms with Crippen LogP contribution in [-0.4, -0.2) is 79.2 Å². The number of H-pyrrole nitrogens is 2. The van der Waals surface area contributed by atoms with Crippen LogP contribution in [0.2, 0.25) is 0 Å². The molecule has 0 saturated carbocycles. The smallest absolute Gasteiger partial charge is 0.410 e. The van der Waals surface area contributed by atoms with E-state index < -0.39 is 17.7 Å². The average Bonchev–Trinajstić information content (AvgIpc) is 3.97. The number of likely N-dealkylation sites (tertiary alicyclic amines) is 2. The molecule has 0 radical (unpaired) electrons. The molecule has 4 atom stereocenters. The summed E-state index contributed by atoms with van der Waals surface area (Å²) in [7, 11) is 1.30. The molecule has 3 N–H and O–H groups in total. The largest absolute Gasteiger partial charge is 0.488 e. The van der Waals surface area contributed by atoms with Gasteiger partial charge in [0.25, 0.3) is 0 Å². The number of carbonyl (C=O) groups excluding carboxylic acids is 3. The predicted molar refractivity (Wildman–Crippen MR) is 208 cm³/mol. The lowest BCUT2D eigenvalue weighted by Gasteiger charge is -2.32. The van der Waals surface area contributed by atoms with Crippen LogP contribution in [0, 0.1) is 5.92 Å². The molecule has 288 valence electrons. The van der Waals surface area contributed by atoms with Crippen LogP contribution < -0.4 is 10.1 Å². The van der Waals surface area contributed by atoms with Gasteiger partial charge in [-0.2, -0.15) is 0 Å². The monoisotopic (exact) mass is 747 g/mol. The summed E-state index contributed by atoms with van der Waals surface area (Å²) in [6, 6.07) is 13.6. The Bertz CT molecular complexity index is 2300. The van der Waals surface area contributed by atoms with E-state index in [1.54, 1.807) is 4.90 Å². The zero-order chi connectivity index (χ0) is 38.8. The summed E-state index contributed by atoms with van der Waals surface area (Å²) in [4.78, 5) is 59.4. The SMILES string of the molecule is COC(=O)N[C@H](C(=O)N1[C@@H](C)CC[C@H]1c1ncc(-c2ccc3c(c2)COc2cc4c(ccc5[nH]c([C@@H]6CCCN6C(=O)OC(C)(C)C)nc54)cc2-3)[nH]1)C(C)C. The third kappa shape index (κ3) is 6.74. The van der Waals surface area contributed by atoms with Gasteiger partial charge in [-0.15, -0.1) is 0 Å². The average molecular weight is 748 g/mol. The summed E-state index contributed by atoms with van der Waals surface area (Å²) in [5, 5.41) is 4.76. The van der Waals surface area contributed by atoms with Gasteiger partial charge in [0, 0.05) is 23.5 Å². The van der Waals surface area contributed by atoms with E-state index in [9.17, 15) is 14.4 Å². The van der Waals surface area contributed by atoms with Gasteiger partial charge in [-0.3, -0.25) is 9.69 Å². The Hall–Kier alpha value is -5.59. The van der Waals surface area contributed by atoms with Gasteiger partial charge >= 0.3 is 12.2 Å². The third-order valence-electron chi connectivity index (χ3n) is 11.1. The van der Waals surface area contributed by atoms with E-state index in [0.29, 0.717) is 13.2 Å². The number of nitrogens with zero attached hydrogens (tertiary/aromatic N) is 4. The zero-order valence-corrected chi connectivity index (χ0v) is 32.5. The van der Waals surface area contributed by atoms with Crippen molar-refractivity contribution in [2.45, 2.75) is 104 Å². The van der Waals surface area contributed by atoms with E-state index >= 15 is 0 Å². The normalized spacial score (nSPS) is 20.0. The Morgan fingerprint density at radius 3 is 2.56 bits per heavy atom. The number of amides is 3. The Labute approximate surface area is 320 Å². The molecule has 2 fully saturated rings. The Morgan fingerprint density at radius 1 is 0.982 bits per heavy atom. The standard InChI is InChI=1S/C42H49N7O6/c1-22(2)35(47-40(51)53-7)39(50)49-23(3)10-15-33(49)37-43-20-31(45-37)25-11-13-27-26(17-25)21-54-34-19-28-24(18-29(27)34)12-14-30-36(28)46-38(44-30)32-9-8-16-48(32)41(52)55-42(4,5)6/h11-14,17-20,22-23,32-33,35H,8-10,15-16,21H2,1-7H3,(H,43,45)(H,44,46)(H,47,51)/t23-,32-,33-,35-/m0/s1. The zero-order valence-electron chi connectivity index (χ0n) is 32.5. The molecule has 13 nitrogen and oxygen atoms in total. The van der Waals surface area contributed by atoms with Crippen LogP contribution in [0.1, 0.15) is 96.5 Å². The first-order chi connectivity index (χ1) is 26.3. The first-order valence-corrected chi connectivity index (χ1v) is 19.2. The molecule has 8 rings (SSSR count). The number of nitrogens with one attached hydrogen (secondary N) is 3. The topological polar surface area (TPSA) is 155 Å². The molecule has 0 unspecified atom stereocenters. The quantitative estimate of drug-likeness (QED) is 0.157. The molecule has 2 aromatic heterocycles. The number of carbonyl (C=O) groups is 3. The molecule has 13 heteroatoms. The number of ether oxygens (including phenoxy) is 3. The number of fused-ring (bicyclic) bond motifs is 6. The van der Waals surface area contributed by atoms with Crippen LogP contribution in [-0.2, 0) is 20.9 Å².